The van der Waals surface area contributed by atoms with E-state index in [2.05, 4.69) is 0 Å². The molecule has 0 amide bonds. The van der Waals surface area contributed by atoms with Crippen molar-refractivity contribution in [3.8, 4) is 0 Å². The Balaban J connectivity index is -0.000000661. The van der Waals surface area contributed by atoms with Gasteiger partial charge in [0.15, 0.2) is 0 Å². The van der Waals surface area contributed by atoms with Crippen LogP contribution >= 0.6 is 0 Å². The molecule has 0 fully saturated rings. The molecule has 27 heavy (non-hydrogen) atoms. The number of hydrogen-bond donors (Lipinski definition) is 4. The molecule has 0 bridgehead atoms. The molecule has 0 radical (unpaired) electrons. The first-order valence-corrected chi connectivity index (χ1v) is 12.0. The zero-order chi connectivity index (χ0) is 17.3. The summed E-state index contributed by atoms with van der Waals surface area (Å²) < 4.78 is 13.8. The molecular formula is C13H35ClN2O9Si2. The van der Waals surface area contributed by atoms with E-state index in [1.54, 1.807) is 13.8 Å². The number of rotatable bonds is 12. The van der Waals surface area contributed by atoms with Gasteiger partial charge >= 0.3 is 17.6 Å². The van der Waals surface area contributed by atoms with Crippen molar-refractivity contribution < 1.29 is 61.4 Å². The number of aryl methyl sites for hydroxylation is 2. The van der Waals surface area contributed by atoms with Gasteiger partial charge in [-0.15, -0.1) is 0 Å². The predicted octanol–water partition coefficient (Wildman–Crippen LogP) is -5.99. The highest BCUT2D eigenvalue weighted by atomic mass is 35.5. The molecule has 166 valence electrons. The average Bonchev–Trinajstić information content (AvgIpc) is 2.86. The van der Waals surface area contributed by atoms with Crippen molar-refractivity contribution >= 4 is 17.6 Å². The first kappa shape index (κ1) is 34.1. The van der Waals surface area contributed by atoms with E-state index in [1.165, 1.54) is 0 Å². The van der Waals surface area contributed by atoms with Gasteiger partial charge in [-0.1, -0.05) is 0 Å². The maximum Gasteiger partial charge on any atom is 0.495 e. The van der Waals surface area contributed by atoms with Gasteiger partial charge in [0.1, 0.15) is 12.4 Å². The monoisotopic (exact) mass is 454 g/mol. The second-order valence-corrected chi connectivity index (χ2v) is 10.00. The van der Waals surface area contributed by atoms with Gasteiger partial charge in [0.05, 0.1) is 13.1 Å². The fraction of sp³-hybridized carbons (Fsp3) is 0.769. The Kier molecular flexibility index (Phi) is 20.9. The van der Waals surface area contributed by atoms with Crippen molar-refractivity contribution in [2.24, 2.45) is 0 Å². The van der Waals surface area contributed by atoms with E-state index >= 15 is 0 Å². The topological polar surface area (TPSA) is 203 Å². The van der Waals surface area contributed by atoms with Crippen LogP contribution in [0.2, 0.25) is 12.1 Å². The Morgan fingerprint density at radius 3 is 1.85 bits per heavy atom. The molecule has 1 rings (SSSR count). The van der Waals surface area contributed by atoms with Crippen LogP contribution in [0.4, 0.5) is 0 Å². The van der Waals surface area contributed by atoms with E-state index in [-0.39, 0.29) is 40.9 Å². The van der Waals surface area contributed by atoms with Gasteiger partial charge in [-0.25, -0.2) is 9.13 Å². The van der Waals surface area contributed by atoms with E-state index in [0.29, 0.717) is 39.1 Å². The Bertz CT molecular complexity index is 428. The van der Waals surface area contributed by atoms with Gasteiger partial charge in [0.2, 0.25) is 6.33 Å². The van der Waals surface area contributed by atoms with E-state index in [1.807, 2.05) is 27.9 Å². The lowest BCUT2D eigenvalue weighted by atomic mass is 10.5. The van der Waals surface area contributed by atoms with E-state index in [0.717, 1.165) is 0 Å². The van der Waals surface area contributed by atoms with Crippen molar-refractivity contribution in [3.63, 3.8) is 0 Å². The third-order valence-electron chi connectivity index (χ3n) is 3.33. The molecule has 0 unspecified atom stereocenters. The molecule has 0 aliphatic rings. The molecule has 10 N–H and O–H groups in total. The second kappa shape index (κ2) is 16.5. The molecule has 1 heterocycles. The number of aromatic nitrogens is 2. The summed E-state index contributed by atoms with van der Waals surface area (Å²) >= 11 is 0. The summed E-state index contributed by atoms with van der Waals surface area (Å²) in [5, 5.41) is 0. The van der Waals surface area contributed by atoms with E-state index in [4.69, 9.17) is 8.85 Å². The van der Waals surface area contributed by atoms with E-state index in [9.17, 15) is 19.2 Å². The summed E-state index contributed by atoms with van der Waals surface area (Å²) in [4.78, 5) is 38.5. The SMILES string of the molecule is CCO[Si](O)(O)CCCn1cc[n+](CCC[Si](O)(O)OCC)c1.O.O.O.[Cl-]. The van der Waals surface area contributed by atoms with Crippen LogP contribution in [0.5, 0.6) is 0 Å². The maximum absolute atomic E-state index is 9.64. The first-order chi connectivity index (χ1) is 10.8. The molecule has 0 saturated heterocycles. The van der Waals surface area contributed by atoms with Crippen LogP contribution in [0.25, 0.3) is 0 Å². The molecule has 1 aromatic rings. The zero-order valence-electron chi connectivity index (χ0n) is 15.8. The summed E-state index contributed by atoms with van der Waals surface area (Å²) in [5.74, 6) is 0. The standard InChI is InChI=1S/C13H29N2O6Si2.ClH.3H2O/c1-3-20-22(16,17)11-5-7-14-9-10-15(13-14)8-6-12-23(18,19)21-4-2;;;;/h9-10,13,16-19H,3-8,11-12H2,1-2H3;1H;3*1H2/q+1;;;;/p-1. The van der Waals surface area contributed by atoms with Crippen LogP contribution in [-0.4, -0.2) is 71.0 Å². The number of halogens is 1. The Labute approximate surface area is 167 Å². The second-order valence-electron chi connectivity index (χ2n) is 5.45. The van der Waals surface area contributed by atoms with Gasteiger partial charge in [-0.05, 0) is 26.7 Å². The summed E-state index contributed by atoms with van der Waals surface area (Å²) in [6.45, 7) is 5.45. The normalized spacial score (nSPS) is 10.9. The quantitative estimate of drug-likeness (QED) is 0.178. The summed E-state index contributed by atoms with van der Waals surface area (Å²) in [7, 11) is -6.97. The molecule has 0 saturated carbocycles. The lowest BCUT2D eigenvalue weighted by Crippen LogP contribution is -3.00. The Morgan fingerprint density at radius 2 is 1.37 bits per heavy atom. The van der Waals surface area contributed by atoms with Crippen LogP contribution < -0.4 is 17.0 Å². The van der Waals surface area contributed by atoms with Gasteiger partial charge in [-0.2, -0.15) is 0 Å². The number of hydrogen-bond acceptors (Lipinski definition) is 6. The fourth-order valence-corrected chi connectivity index (χ4v) is 4.74. The minimum absolute atomic E-state index is 0. The zero-order valence-corrected chi connectivity index (χ0v) is 18.5. The largest absolute Gasteiger partial charge is 1.00 e. The lowest BCUT2D eigenvalue weighted by Gasteiger charge is -2.15. The maximum atomic E-state index is 9.64. The van der Waals surface area contributed by atoms with Gasteiger partial charge in [0.25, 0.3) is 0 Å². The van der Waals surface area contributed by atoms with Gasteiger partial charge < -0.3 is 56.9 Å². The molecule has 0 spiro atoms. The first-order valence-electron chi connectivity index (χ1n) is 8.00. The molecule has 0 aliphatic carbocycles. The summed E-state index contributed by atoms with van der Waals surface area (Å²) in [5.41, 5.74) is 0. The summed E-state index contributed by atoms with van der Waals surface area (Å²) in [6, 6.07) is 0.549. The molecule has 11 nitrogen and oxygen atoms in total. The highest BCUT2D eigenvalue weighted by Gasteiger charge is 2.32. The number of imidazole rings is 1. The summed E-state index contributed by atoms with van der Waals surface area (Å²) in [6.07, 6.45) is 6.98. The number of nitrogens with zero attached hydrogens (tertiary/aromatic N) is 2. The average molecular weight is 455 g/mol. The molecule has 14 heteroatoms. The van der Waals surface area contributed by atoms with Crippen LogP contribution in [0.15, 0.2) is 18.7 Å². The minimum Gasteiger partial charge on any atom is -1.00 e. The third kappa shape index (κ3) is 15.2. The predicted molar refractivity (Wildman–Crippen MR) is 98.0 cm³/mol. The molecule has 0 aliphatic heterocycles. The van der Waals surface area contributed by atoms with Gasteiger partial charge in [-0.3, -0.25) is 0 Å². The molecule has 0 aromatic carbocycles. The fourth-order valence-electron chi connectivity index (χ4n) is 2.29. The van der Waals surface area contributed by atoms with Crippen molar-refractivity contribution in [1.82, 2.24) is 4.57 Å². The highest BCUT2D eigenvalue weighted by molar-refractivity contribution is 6.57. The Hall–Kier alpha value is -0.426. The molecule has 1 aromatic heterocycles. The van der Waals surface area contributed by atoms with Crippen molar-refractivity contribution in [2.45, 2.75) is 51.9 Å². The van der Waals surface area contributed by atoms with Crippen LogP contribution in [-0.2, 0) is 21.9 Å². The van der Waals surface area contributed by atoms with Crippen LogP contribution in [0.1, 0.15) is 26.7 Å². The highest BCUT2D eigenvalue weighted by Crippen LogP contribution is 2.09. The molecule has 0 atom stereocenters. The van der Waals surface area contributed by atoms with Crippen LogP contribution in [0, 0.1) is 0 Å². The minimum atomic E-state index is -3.49. The Morgan fingerprint density at radius 1 is 0.889 bits per heavy atom. The van der Waals surface area contributed by atoms with Crippen molar-refractivity contribution in [1.29, 1.82) is 0 Å². The van der Waals surface area contributed by atoms with Gasteiger partial charge in [0, 0.05) is 25.3 Å². The van der Waals surface area contributed by atoms with E-state index < -0.39 is 17.6 Å². The van der Waals surface area contributed by atoms with Crippen molar-refractivity contribution in [2.75, 3.05) is 13.2 Å². The lowest BCUT2D eigenvalue weighted by molar-refractivity contribution is -0.696. The van der Waals surface area contributed by atoms with Crippen molar-refractivity contribution in [3.05, 3.63) is 18.7 Å². The molecular weight excluding hydrogens is 420 g/mol. The third-order valence-corrected chi connectivity index (χ3v) is 6.85. The van der Waals surface area contributed by atoms with Crippen LogP contribution in [0.3, 0.4) is 0 Å². The smallest absolute Gasteiger partial charge is 0.495 e.